The van der Waals surface area contributed by atoms with E-state index < -0.39 is 0 Å². The van der Waals surface area contributed by atoms with Crippen LogP contribution in [0.2, 0.25) is 0 Å². The van der Waals surface area contributed by atoms with Gasteiger partial charge in [-0.15, -0.1) is 0 Å². The van der Waals surface area contributed by atoms with Crippen LogP contribution in [-0.2, 0) is 13.6 Å². The van der Waals surface area contributed by atoms with Crippen LogP contribution >= 0.6 is 0 Å². The molecular formula is C15H21N3O. The van der Waals surface area contributed by atoms with Crippen molar-refractivity contribution in [2.45, 2.75) is 26.3 Å². The van der Waals surface area contributed by atoms with Crippen molar-refractivity contribution >= 4 is 0 Å². The van der Waals surface area contributed by atoms with Gasteiger partial charge >= 0.3 is 0 Å². The van der Waals surface area contributed by atoms with Gasteiger partial charge in [0.15, 0.2) is 0 Å². The summed E-state index contributed by atoms with van der Waals surface area (Å²) in [4.78, 5) is 4.33. The van der Waals surface area contributed by atoms with Gasteiger partial charge in [-0.05, 0) is 23.6 Å². The Bertz CT molecular complexity index is 573. The Labute approximate surface area is 114 Å². The standard InChI is InChI=1S/C15H21N3O/c1-10(2)11-5-6-12(14(7-11)19-4)15-13(8-16)17-9-18(15)3/h5-7,9-10H,8,16H2,1-4H3. The highest BCUT2D eigenvalue weighted by Crippen LogP contribution is 2.34. The lowest BCUT2D eigenvalue weighted by Gasteiger charge is -2.14. The zero-order valence-corrected chi connectivity index (χ0v) is 12.0. The predicted octanol–water partition coefficient (Wildman–Crippen LogP) is 2.68. The van der Waals surface area contributed by atoms with Gasteiger partial charge in [-0.2, -0.15) is 0 Å². The van der Waals surface area contributed by atoms with Crippen LogP contribution in [0.3, 0.4) is 0 Å². The summed E-state index contributed by atoms with van der Waals surface area (Å²) in [6.07, 6.45) is 1.79. The molecule has 2 N–H and O–H groups in total. The lowest BCUT2D eigenvalue weighted by molar-refractivity contribution is 0.415. The van der Waals surface area contributed by atoms with Gasteiger partial charge in [0.05, 0.1) is 24.8 Å². The number of benzene rings is 1. The molecule has 0 fully saturated rings. The van der Waals surface area contributed by atoms with E-state index in [9.17, 15) is 0 Å². The lowest BCUT2D eigenvalue weighted by Crippen LogP contribution is -2.02. The Balaban J connectivity index is 2.58. The molecule has 4 heteroatoms. The topological polar surface area (TPSA) is 53.1 Å². The normalized spacial score (nSPS) is 11.1. The van der Waals surface area contributed by atoms with E-state index in [1.165, 1.54) is 5.56 Å². The first-order chi connectivity index (χ1) is 9.08. The zero-order chi connectivity index (χ0) is 14.0. The lowest BCUT2D eigenvalue weighted by atomic mass is 9.99. The molecule has 4 nitrogen and oxygen atoms in total. The van der Waals surface area contributed by atoms with Crippen LogP contribution in [0.1, 0.15) is 31.0 Å². The summed E-state index contributed by atoms with van der Waals surface area (Å²) in [5.74, 6) is 1.34. The minimum Gasteiger partial charge on any atom is -0.496 e. The fourth-order valence-corrected chi connectivity index (χ4v) is 2.24. The van der Waals surface area contributed by atoms with Crippen LogP contribution in [-0.4, -0.2) is 16.7 Å². The molecule has 2 rings (SSSR count). The molecule has 102 valence electrons. The quantitative estimate of drug-likeness (QED) is 0.918. The largest absolute Gasteiger partial charge is 0.496 e. The molecule has 0 aliphatic carbocycles. The van der Waals surface area contributed by atoms with E-state index in [2.05, 4.69) is 37.0 Å². The number of nitrogens with two attached hydrogens (primary N) is 1. The van der Waals surface area contributed by atoms with Gasteiger partial charge in [0.1, 0.15) is 5.75 Å². The Kier molecular flexibility index (Phi) is 3.90. The molecule has 0 aliphatic heterocycles. The first kappa shape index (κ1) is 13.6. The number of hydrogen-bond acceptors (Lipinski definition) is 3. The monoisotopic (exact) mass is 259 g/mol. The molecule has 0 saturated heterocycles. The van der Waals surface area contributed by atoms with E-state index in [1.807, 2.05) is 11.6 Å². The first-order valence-electron chi connectivity index (χ1n) is 6.47. The van der Waals surface area contributed by atoms with Gasteiger partial charge in [0.25, 0.3) is 0 Å². The summed E-state index contributed by atoms with van der Waals surface area (Å²) in [7, 11) is 3.67. The molecule has 0 bridgehead atoms. The van der Waals surface area contributed by atoms with E-state index >= 15 is 0 Å². The van der Waals surface area contributed by atoms with Gasteiger partial charge in [-0.1, -0.05) is 19.9 Å². The SMILES string of the molecule is COc1cc(C(C)C)ccc1-c1c(CN)ncn1C. The molecule has 0 amide bonds. The smallest absolute Gasteiger partial charge is 0.128 e. The number of imidazole rings is 1. The highest BCUT2D eigenvalue weighted by molar-refractivity contribution is 5.70. The highest BCUT2D eigenvalue weighted by Gasteiger charge is 2.15. The summed E-state index contributed by atoms with van der Waals surface area (Å²) in [5.41, 5.74) is 9.96. The number of nitrogens with zero attached hydrogens (tertiary/aromatic N) is 2. The van der Waals surface area contributed by atoms with Crippen molar-refractivity contribution in [1.82, 2.24) is 9.55 Å². The predicted molar refractivity (Wildman–Crippen MR) is 77.2 cm³/mol. The van der Waals surface area contributed by atoms with E-state index in [4.69, 9.17) is 10.5 Å². The number of aromatic nitrogens is 2. The highest BCUT2D eigenvalue weighted by atomic mass is 16.5. The molecule has 19 heavy (non-hydrogen) atoms. The summed E-state index contributed by atoms with van der Waals surface area (Å²) in [5, 5.41) is 0. The van der Waals surface area contributed by atoms with Crippen LogP contribution in [0.5, 0.6) is 5.75 Å². The van der Waals surface area contributed by atoms with Gasteiger partial charge in [-0.25, -0.2) is 4.98 Å². The second-order valence-electron chi connectivity index (χ2n) is 4.97. The number of hydrogen-bond donors (Lipinski definition) is 1. The average molecular weight is 259 g/mol. The maximum absolute atomic E-state index is 5.75. The van der Waals surface area contributed by atoms with Gasteiger partial charge < -0.3 is 15.0 Å². The van der Waals surface area contributed by atoms with Crippen molar-refractivity contribution in [3.05, 3.63) is 35.8 Å². The second-order valence-corrected chi connectivity index (χ2v) is 4.97. The average Bonchev–Trinajstić information content (AvgIpc) is 2.78. The van der Waals surface area contributed by atoms with Crippen LogP contribution in [0.25, 0.3) is 11.3 Å². The zero-order valence-electron chi connectivity index (χ0n) is 12.0. The second kappa shape index (κ2) is 5.45. The molecule has 0 unspecified atom stereocenters. The summed E-state index contributed by atoms with van der Waals surface area (Å²) < 4.78 is 7.51. The van der Waals surface area contributed by atoms with Crippen LogP contribution in [0.15, 0.2) is 24.5 Å². The molecule has 1 aromatic heterocycles. The van der Waals surface area contributed by atoms with Crippen LogP contribution < -0.4 is 10.5 Å². The third-order valence-corrected chi connectivity index (χ3v) is 3.35. The van der Waals surface area contributed by atoms with Crippen molar-refractivity contribution in [2.24, 2.45) is 12.8 Å². The van der Waals surface area contributed by atoms with Crippen molar-refractivity contribution in [2.75, 3.05) is 7.11 Å². The molecule has 1 heterocycles. The minimum atomic E-state index is 0.422. The molecule has 2 aromatic rings. The fourth-order valence-electron chi connectivity index (χ4n) is 2.24. The molecular weight excluding hydrogens is 238 g/mol. The van der Waals surface area contributed by atoms with Crippen LogP contribution in [0.4, 0.5) is 0 Å². The van der Waals surface area contributed by atoms with Gasteiger partial charge in [-0.3, -0.25) is 0 Å². The third kappa shape index (κ3) is 2.49. The first-order valence-corrected chi connectivity index (χ1v) is 6.47. The van der Waals surface area contributed by atoms with Gasteiger partial charge in [0, 0.05) is 19.2 Å². The molecule has 0 atom stereocenters. The Morgan fingerprint density at radius 2 is 2.11 bits per heavy atom. The van der Waals surface area contributed by atoms with E-state index in [0.29, 0.717) is 12.5 Å². The number of ether oxygens (including phenoxy) is 1. The van der Waals surface area contributed by atoms with Crippen molar-refractivity contribution in [3.63, 3.8) is 0 Å². The van der Waals surface area contributed by atoms with Gasteiger partial charge in [0.2, 0.25) is 0 Å². The number of methoxy groups -OCH3 is 1. The van der Waals surface area contributed by atoms with E-state index in [-0.39, 0.29) is 0 Å². The summed E-state index contributed by atoms with van der Waals surface area (Å²) >= 11 is 0. The summed E-state index contributed by atoms with van der Waals surface area (Å²) in [6.45, 7) is 4.76. The van der Waals surface area contributed by atoms with Crippen LogP contribution in [0, 0.1) is 0 Å². The Morgan fingerprint density at radius 1 is 1.37 bits per heavy atom. The molecule has 0 radical (unpaired) electrons. The molecule has 0 spiro atoms. The van der Waals surface area contributed by atoms with E-state index in [1.54, 1.807) is 13.4 Å². The number of aryl methyl sites for hydroxylation is 1. The van der Waals surface area contributed by atoms with E-state index in [0.717, 1.165) is 22.7 Å². The maximum Gasteiger partial charge on any atom is 0.128 e. The Hall–Kier alpha value is -1.81. The Morgan fingerprint density at radius 3 is 2.68 bits per heavy atom. The van der Waals surface area contributed by atoms with Crippen molar-refractivity contribution in [1.29, 1.82) is 0 Å². The maximum atomic E-state index is 5.75. The van der Waals surface area contributed by atoms with Crippen molar-refractivity contribution < 1.29 is 4.74 Å². The molecule has 0 aliphatic rings. The number of rotatable bonds is 4. The minimum absolute atomic E-state index is 0.422. The molecule has 1 aromatic carbocycles. The fraction of sp³-hybridized carbons (Fsp3) is 0.400. The summed E-state index contributed by atoms with van der Waals surface area (Å²) in [6, 6.07) is 6.31. The molecule has 0 saturated carbocycles. The van der Waals surface area contributed by atoms with Crippen molar-refractivity contribution in [3.8, 4) is 17.0 Å². The third-order valence-electron chi connectivity index (χ3n) is 3.35.